The topological polar surface area (TPSA) is 45.2 Å². The minimum Gasteiger partial charge on any atom is -0.349 e. The summed E-state index contributed by atoms with van der Waals surface area (Å²) in [5.74, 6) is -0.0722. The van der Waals surface area contributed by atoms with Crippen molar-refractivity contribution in [1.82, 2.24) is 15.2 Å². The second-order valence-electron chi connectivity index (χ2n) is 7.02. The Hall–Kier alpha value is -2.43. The molecule has 0 saturated carbocycles. The van der Waals surface area contributed by atoms with Crippen LogP contribution in [0.1, 0.15) is 28.8 Å². The summed E-state index contributed by atoms with van der Waals surface area (Å²) in [4.78, 5) is 19.6. The summed E-state index contributed by atoms with van der Waals surface area (Å²) >= 11 is 6.11. The maximum atomic E-state index is 12.8. The van der Waals surface area contributed by atoms with Crippen LogP contribution >= 0.6 is 11.6 Å². The third-order valence-corrected chi connectivity index (χ3v) is 5.29. The van der Waals surface area contributed by atoms with Gasteiger partial charge in [-0.25, -0.2) is 4.98 Å². The Morgan fingerprint density at radius 3 is 2.56 bits per heavy atom. The fraction of sp³-hybridized carbons (Fsp3) is 0.273. The molecule has 1 saturated heterocycles. The number of pyridine rings is 1. The smallest absolute Gasteiger partial charge is 0.252 e. The second-order valence-corrected chi connectivity index (χ2v) is 7.41. The zero-order valence-electron chi connectivity index (χ0n) is 15.1. The molecule has 5 heteroatoms. The molecule has 0 unspecified atom stereocenters. The molecule has 1 aromatic heterocycles. The first-order chi connectivity index (χ1) is 13.2. The number of fused-ring (bicyclic) bond motifs is 1. The van der Waals surface area contributed by atoms with Crippen LogP contribution in [0.25, 0.3) is 10.9 Å². The molecule has 0 radical (unpaired) electrons. The highest BCUT2D eigenvalue weighted by atomic mass is 35.5. The van der Waals surface area contributed by atoms with Gasteiger partial charge in [0, 0.05) is 31.1 Å². The summed E-state index contributed by atoms with van der Waals surface area (Å²) in [5, 5.41) is 4.37. The Bertz CT molecular complexity index is 937. The Morgan fingerprint density at radius 2 is 1.78 bits per heavy atom. The van der Waals surface area contributed by atoms with Gasteiger partial charge in [-0.2, -0.15) is 0 Å². The number of piperidine rings is 1. The van der Waals surface area contributed by atoms with Crippen LogP contribution < -0.4 is 5.32 Å². The predicted octanol–water partition coefficient (Wildman–Crippen LogP) is 4.28. The molecule has 2 heterocycles. The number of rotatable bonds is 4. The lowest BCUT2D eigenvalue weighted by Gasteiger charge is -2.32. The van der Waals surface area contributed by atoms with E-state index in [0.717, 1.165) is 43.4 Å². The molecule has 3 aromatic rings. The number of para-hydroxylation sites is 1. The number of halogens is 1. The third-order valence-electron chi connectivity index (χ3n) is 5.10. The second kappa shape index (κ2) is 8.07. The van der Waals surface area contributed by atoms with Crippen LogP contribution in [0, 0.1) is 0 Å². The van der Waals surface area contributed by atoms with Gasteiger partial charge in [-0.05, 0) is 30.5 Å². The zero-order chi connectivity index (χ0) is 18.6. The van der Waals surface area contributed by atoms with E-state index in [1.807, 2.05) is 30.3 Å². The molecule has 0 spiro atoms. The van der Waals surface area contributed by atoms with Crippen molar-refractivity contribution < 1.29 is 4.79 Å². The van der Waals surface area contributed by atoms with E-state index in [0.29, 0.717) is 10.7 Å². The van der Waals surface area contributed by atoms with Crippen molar-refractivity contribution in [3.8, 4) is 0 Å². The van der Waals surface area contributed by atoms with Crippen LogP contribution in [-0.4, -0.2) is 34.9 Å². The summed E-state index contributed by atoms with van der Waals surface area (Å²) in [6.45, 7) is 2.93. The van der Waals surface area contributed by atoms with Crippen molar-refractivity contribution in [2.24, 2.45) is 0 Å². The summed E-state index contributed by atoms with van der Waals surface area (Å²) in [5.41, 5.74) is 2.67. The van der Waals surface area contributed by atoms with Gasteiger partial charge < -0.3 is 5.32 Å². The maximum Gasteiger partial charge on any atom is 0.252 e. The number of carbonyl (C=O) groups is 1. The lowest BCUT2D eigenvalue weighted by molar-refractivity contribution is 0.0910. The average molecular weight is 380 g/mol. The standard InChI is InChI=1S/C22H22ClN3O/c23-21-14-19(18-8-4-5-9-20(18)25-21)22(27)24-17-10-12-26(13-11-17)15-16-6-2-1-3-7-16/h1-9,14,17H,10-13,15H2,(H,24,27). The fourth-order valence-electron chi connectivity index (χ4n) is 3.67. The highest BCUT2D eigenvalue weighted by molar-refractivity contribution is 6.30. The maximum absolute atomic E-state index is 12.8. The lowest BCUT2D eigenvalue weighted by Crippen LogP contribution is -2.44. The van der Waals surface area contributed by atoms with Gasteiger partial charge in [-0.3, -0.25) is 9.69 Å². The van der Waals surface area contributed by atoms with Gasteiger partial charge in [-0.1, -0.05) is 60.1 Å². The first-order valence-electron chi connectivity index (χ1n) is 9.31. The minimum absolute atomic E-state index is 0.0722. The molecule has 1 amide bonds. The number of benzene rings is 2. The molecule has 1 aliphatic heterocycles. The molecule has 0 aliphatic carbocycles. The normalized spacial score (nSPS) is 15.7. The fourth-order valence-corrected chi connectivity index (χ4v) is 3.87. The van der Waals surface area contributed by atoms with Crippen LogP contribution in [-0.2, 0) is 6.54 Å². The van der Waals surface area contributed by atoms with E-state index in [2.05, 4.69) is 39.5 Å². The molecule has 27 heavy (non-hydrogen) atoms. The molecule has 2 aromatic carbocycles. The van der Waals surface area contributed by atoms with E-state index in [-0.39, 0.29) is 11.9 Å². The van der Waals surface area contributed by atoms with E-state index < -0.39 is 0 Å². The summed E-state index contributed by atoms with van der Waals surface area (Å²) in [7, 11) is 0. The van der Waals surface area contributed by atoms with Gasteiger partial charge in [0.1, 0.15) is 5.15 Å². The quantitative estimate of drug-likeness (QED) is 0.688. The molecule has 0 bridgehead atoms. The van der Waals surface area contributed by atoms with Gasteiger partial charge >= 0.3 is 0 Å². The largest absolute Gasteiger partial charge is 0.349 e. The van der Waals surface area contributed by atoms with Gasteiger partial charge in [0.2, 0.25) is 0 Å². The Balaban J connectivity index is 1.39. The van der Waals surface area contributed by atoms with Crippen LogP contribution in [0.15, 0.2) is 60.7 Å². The average Bonchev–Trinajstić information content (AvgIpc) is 2.69. The summed E-state index contributed by atoms with van der Waals surface area (Å²) < 4.78 is 0. The third kappa shape index (κ3) is 4.29. The number of nitrogens with zero attached hydrogens (tertiary/aromatic N) is 2. The molecule has 4 rings (SSSR count). The Kier molecular flexibility index (Phi) is 5.37. The number of hydrogen-bond acceptors (Lipinski definition) is 3. The Labute approximate surface area is 164 Å². The summed E-state index contributed by atoms with van der Waals surface area (Å²) in [6.07, 6.45) is 1.91. The molecule has 4 nitrogen and oxygen atoms in total. The monoisotopic (exact) mass is 379 g/mol. The molecular formula is C22H22ClN3O. The number of hydrogen-bond donors (Lipinski definition) is 1. The van der Waals surface area contributed by atoms with Crippen molar-refractivity contribution in [1.29, 1.82) is 0 Å². The molecule has 1 N–H and O–H groups in total. The van der Waals surface area contributed by atoms with Crippen molar-refractivity contribution >= 4 is 28.4 Å². The number of likely N-dealkylation sites (tertiary alicyclic amines) is 1. The minimum atomic E-state index is -0.0722. The molecule has 1 aliphatic rings. The SMILES string of the molecule is O=C(NC1CCN(Cc2ccccc2)CC1)c1cc(Cl)nc2ccccc12. The van der Waals surface area contributed by atoms with E-state index in [1.54, 1.807) is 6.07 Å². The molecule has 1 fully saturated rings. The van der Waals surface area contributed by atoms with Crippen molar-refractivity contribution in [2.45, 2.75) is 25.4 Å². The van der Waals surface area contributed by atoms with Crippen molar-refractivity contribution in [3.63, 3.8) is 0 Å². The van der Waals surface area contributed by atoms with E-state index in [1.165, 1.54) is 5.56 Å². The van der Waals surface area contributed by atoms with Gasteiger partial charge in [-0.15, -0.1) is 0 Å². The lowest BCUT2D eigenvalue weighted by atomic mass is 10.0. The van der Waals surface area contributed by atoms with E-state index in [4.69, 9.17) is 11.6 Å². The number of carbonyl (C=O) groups excluding carboxylic acids is 1. The van der Waals surface area contributed by atoms with Crippen molar-refractivity contribution in [2.75, 3.05) is 13.1 Å². The summed E-state index contributed by atoms with van der Waals surface area (Å²) in [6, 6.07) is 20.0. The van der Waals surface area contributed by atoms with E-state index >= 15 is 0 Å². The van der Waals surface area contributed by atoms with Crippen LogP contribution in [0.3, 0.4) is 0 Å². The zero-order valence-corrected chi connectivity index (χ0v) is 15.8. The van der Waals surface area contributed by atoms with Crippen LogP contribution in [0.2, 0.25) is 5.15 Å². The van der Waals surface area contributed by atoms with Crippen LogP contribution in [0.4, 0.5) is 0 Å². The van der Waals surface area contributed by atoms with Gasteiger partial charge in [0.05, 0.1) is 11.1 Å². The number of nitrogens with one attached hydrogen (secondary N) is 1. The predicted molar refractivity (Wildman–Crippen MR) is 109 cm³/mol. The highest BCUT2D eigenvalue weighted by Gasteiger charge is 2.22. The number of aromatic nitrogens is 1. The van der Waals surface area contributed by atoms with Gasteiger partial charge in [0.25, 0.3) is 5.91 Å². The van der Waals surface area contributed by atoms with Crippen molar-refractivity contribution in [3.05, 3.63) is 76.9 Å². The first-order valence-corrected chi connectivity index (χ1v) is 9.69. The van der Waals surface area contributed by atoms with Gasteiger partial charge in [0.15, 0.2) is 0 Å². The molecule has 138 valence electrons. The number of amides is 1. The van der Waals surface area contributed by atoms with Crippen LogP contribution in [0.5, 0.6) is 0 Å². The highest BCUT2D eigenvalue weighted by Crippen LogP contribution is 2.22. The molecule has 0 atom stereocenters. The van der Waals surface area contributed by atoms with E-state index in [9.17, 15) is 4.79 Å². The first kappa shape index (κ1) is 18.0. The molecular weight excluding hydrogens is 358 g/mol. The Morgan fingerprint density at radius 1 is 1.07 bits per heavy atom.